The van der Waals surface area contributed by atoms with Crippen molar-refractivity contribution in [1.29, 1.82) is 0 Å². The smallest absolute Gasteiger partial charge is 0.249 e. The van der Waals surface area contributed by atoms with Crippen LogP contribution in [0.15, 0.2) is 24.3 Å². The molecule has 0 bridgehead atoms. The van der Waals surface area contributed by atoms with Crippen LogP contribution in [-0.2, 0) is 9.59 Å². The third-order valence-electron chi connectivity index (χ3n) is 5.69. The van der Waals surface area contributed by atoms with Crippen LogP contribution in [0.3, 0.4) is 0 Å². The predicted molar refractivity (Wildman–Crippen MR) is 117 cm³/mol. The molecule has 1 heterocycles. The van der Waals surface area contributed by atoms with Crippen LogP contribution in [0.2, 0.25) is 0 Å². The highest BCUT2D eigenvalue weighted by Gasteiger charge is 2.30. The van der Waals surface area contributed by atoms with Gasteiger partial charge in [-0.2, -0.15) is 0 Å². The molecule has 6 nitrogen and oxygen atoms in total. The number of aryl methyl sites for hydroxylation is 1. The van der Waals surface area contributed by atoms with E-state index in [1.54, 1.807) is 0 Å². The largest absolute Gasteiger partial charge is 0.344 e. The number of rotatable bonds is 7. The lowest BCUT2D eigenvalue weighted by atomic mass is 9.88. The lowest BCUT2D eigenvalue weighted by Crippen LogP contribution is -2.49. The Balaban J connectivity index is 1.67. The Morgan fingerprint density at radius 1 is 1.21 bits per heavy atom. The fourth-order valence-electron chi connectivity index (χ4n) is 3.69. The van der Waals surface area contributed by atoms with Crippen LogP contribution in [0, 0.1) is 18.8 Å². The van der Waals surface area contributed by atoms with Gasteiger partial charge in [0.2, 0.25) is 16.9 Å². The third kappa shape index (κ3) is 5.63. The molecule has 1 aliphatic carbocycles. The molecule has 0 saturated heterocycles. The molecule has 2 aromatic rings. The quantitative estimate of drug-likeness (QED) is 0.695. The molecule has 0 aliphatic heterocycles. The van der Waals surface area contributed by atoms with E-state index in [-0.39, 0.29) is 23.7 Å². The first-order valence-electron chi connectivity index (χ1n) is 10.5. The number of aromatic nitrogens is 2. The van der Waals surface area contributed by atoms with Crippen LogP contribution < -0.4 is 10.6 Å². The van der Waals surface area contributed by atoms with Gasteiger partial charge in [0.1, 0.15) is 11.0 Å². The van der Waals surface area contributed by atoms with Gasteiger partial charge < -0.3 is 5.32 Å². The summed E-state index contributed by atoms with van der Waals surface area (Å²) in [6.07, 6.45) is 6.00. The molecule has 2 amide bonds. The molecule has 29 heavy (non-hydrogen) atoms. The highest BCUT2D eigenvalue weighted by Crippen LogP contribution is 2.28. The fourth-order valence-corrected chi connectivity index (χ4v) is 4.43. The summed E-state index contributed by atoms with van der Waals surface area (Å²) in [5.74, 6) is -0.164. The van der Waals surface area contributed by atoms with Crippen molar-refractivity contribution in [2.45, 2.75) is 65.3 Å². The second-order valence-electron chi connectivity index (χ2n) is 7.98. The standard InChI is InChI=1S/C22H30N4O2S/c1-4-15(3)18(23-19(27)16-10-6-5-7-11-16)20(28)24-22-26-25-21(29-22)17-12-8-9-14(2)13-17/h8-9,12-13,15-16,18H,4-7,10-11H2,1-3H3,(H,23,27)(H,24,26,28)/t15-,18+/m0/s1. The highest BCUT2D eigenvalue weighted by molar-refractivity contribution is 7.18. The van der Waals surface area contributed by atoms with Gasteiger partial charge in [-0.25, -0.2) is 0 Å². The van der Waals surface area contributed by atoms with E-state index in [1.165, 1.54) is 17.8 Å². The van der Waals surface area contributed by atoms with Gasteiger partial charge in [0, 0.05) is 11.5 Å². The van der Waals surface area contributed by atoms with Crippen molar-refractivity contribution >= 4 is 28.3 Å². The summed E-state index contributed by atoms with van der Waals surface area (Å²) >= 11 is 1.34. The maximum absolute atomic E-state index is 12.9. The van der Waals surface area contributed by atoms with Crippen molar-refractivity contribution < 1.29 is 9.59 Å². The molecular weight excluding hydrogens is 384 g/mol. The lowest BCUT2D eigenvalue weighted by Gasteiger charge is -2.27. The number of hydrogen-bond donors (Lipinski definition) is 2. The maximum atomic E-state index is 12.9. The number of carbonyl (C=O) groups excluding carboxylic acids is 2. The summed E-state index contributed by atoms with van der Waals surface area (Å²) in [5.41, 5.74) is 2.12. The molecule has 2 N–H and O–H groups in total. The Kier molecular flexibility index (Phi) is 7.36. The minimum atomic E-state index is -0.569. The second kappa shape index (κ2) is 9.96. The molecule has 0 unspecified atom stereocenters. The molecule has 7 heteroatoms. The molecule has 0 radical (unpaired) electrons. The summed E-state index contributed by atoms with van der Waals surface area (Å²) in [5, 5.41) is 15.4. The van der Waals surface area contributed by atoms with Crippen LogP contribution in [0.1, 0.15) is 57.9 Å². The van der Waals surface area contributed by atoms with E-state index in [0.717, 1.165) is 48.2 Å². The van der Waals surface area contributed by atoms with Crippen LogP contribution in [0.4, 0.5) is 5.13 Å². The number of nitrogens with zero attached hydrogens (tertiary/aromatic N) is 2. The minimum absolute atomic E-state index is 0.00265. The van der Waals surface area contributed by atoms with Crippen molar-refractivity contribution in [3.8, 4) is 10.6 Å². The first-order valence-corrected chi connectivity index (χ1v) is 11.3. The molecule has 1 aromatic carbocycles. The first kappa shape index (κ1) is 21.4. The Morgan fingerprint density at radius 3 is 2.66 bits per heavy atom. The fraction of sp³-hybridized carbons (Fsp3) is 0.545. The van der Waals surface area contributed by atoms with Crippen molar-refractivity contribution in [3.05, 3.63) is 29.8 Å². The Hall–Kier alpha value is -2.28. The normalized spacial score (nSPS) is 16.8. The van der Waals surface area contributed by atoms with Gasteiger partial charge in [-0.15, -0.1) is 10.2 Å². The van der Waals surface area contributed by atoms with E-state index < -0.39 is 6.04 Å². The van der Waals surface area contributed by atoms with E-state index in [2.05, 4.69) is 20.8 Å². The van der Waals surface area contributed by atoms with Gasteiger partial charge >= 0.3 is 0 Å². The van der Waals surface area contributed by atoms with Gasteiger partial charge in [-0.3, -0.25) is 14.9 Å². The van der Waals surface area contributed by atoms with Crippen LogP contribution >= 0.6 is 11.3 Å². The molecule has 1 saturated carbocycles. The van der Waals surface area contributed by atoms with E-state index >= 15 is 0 Å². The van der Waals surface area contributed by atoms with Crippen LogP contribution in [-0.4, -0.2) is 28.1 Å². The van der Waals surface area contributed by atoms with Crippen molar-refractivity contribution in [1.82, 2.24) is 15.5 Å². The second-order valence-corrected chi connectivity index (χ2v) is 8.96. The monoisotopic (exact) mass is 414 g/mol. The van der Waals surface area contributed by atoms with Crippen LogP contribution in [0.5, 0.6) is 0 Å². The Bertz CT molecular complexity index is 845. The average molecular weight is 415 g/mol. The average Bonchev–Trinajstić information content (AvgIpc) is 3.20. The van der Waals surface area contributed by atoms with E-state index in [4.69, 9.17) is 0 Å². The number of hydrogen-bond acceptors (Lipinski definition) is 5. The summed E-state index contributed by atoms with van der Waals surface area (Å²) in [7, 11) is 0. The summed E-state index contributed by atoms with van der Waals surface area (Å²) < 4.78 is 0. The third-order valence-corrected chi connectivity index (χ3v) is 6.58. The maximum Gasteiger partial charge on any atom is 0.249 e. The van der Waals surface area contributed by atoms with Gasteiger partial charge in [0.25, 0.3) is 0 Å². The molecule has 1 fully saturated rings. The van der Waals surface area contributed by atoms with E-state index in [1.807, 2.05) is 45.0 Å². The Labute approximate surface area is 176 Å². The molecular formula is C22H30N4O2S. The SMILES string of the molecule is CC[C@H](C)[C@@H](NC(=O)C1CCCCC1)C(=O)Nc1nnc(-c2cccc(C)c2)s1. The zero-order chi connectivity index (χ0) is 20.8. The van der Waals surface area contributed by atoms with Gasteiger partial charge in [0.15, 0.2) is 0 Å². The number of anilines is 1. The van der Waals surface area contributed by atoms with Gasteiger partial charge in [-0.05, 0) is 31.7 Å². The highest BCUT2D eigenvalue weighted by atomic mass is 32.1. The molecule has 2 atom stereocenters. The molecule has 1 aliphatic rings. The van der Waals surface area contributed by atoms with E-state index in [0.29, 0.717) is 5.13 Å². The van der Waals surface area contributed by atoms with Crippen molar-refractivity contribution in [3.63, 3.8) is 0 Å². The summed E-state index contributed by atoms with van der Waals surface area (Å²) in [6.45, 7) is 6.04. The predicted octanol–water partition coefficient (Wildman–Crippen LogP) is 4.56. The zero-order valence-corrected chi connectivity index (χ0v) is 18.2. The van der Waals surface area contributed by atoms with Gasteiger partial charge in [-0.1, -0.05) is 74.6 Å². The Morgan fingerprint density at radius 2 is 1.97 bits per heavy atom. The minimum Gasteiger partial charge on any atom is -0.344 e. The summed E-state index contributed by atoms with van der Waals surface area (Å²) in [4.78, 5) is 25.6. The number of benzene rings is 1. The molecule has 1 aromatic heterocycles. The lowest BCUT2D eigenvalue weighted by molar-refractivity contribution is -0.130. The molecule has 156 valence electrons. The first-order chi connectivity index (χ1) is 14.0. The number of amides is 2. The molecule has 3 rings (SSSR count). The van der Waals surface area contributed by atoms with Gasteiger partial charge in [0.05, 0.1) is 0 Å². The van der Waals surface area contributed by atoms with E-state index in [9.17, 15) is 9.59 Å². The number of nitrogens with one attached hydrogen (secondary N) is 2. The zero-order valence-electron chi connectivity index (χ0n) is 17.4. The van der Waals surface area contributed by atoms with Crippen LogP contribution in [0.25, 0.3) is 10.6 Å². The topological polar surface area (TPSA) is 84.0 Å². The van der Waals surface area contributed by atoms with Crippen molar-refractivity contribution in [2.24, 2.45) is 11.8 Å². The van der Waals surface area contributed by atoms with Crippen molar-refractivity contribution in [2.75, 3.05) is 5.32 Å². The summed E-state index contributed by atoms with van der Waals surface area (Å²) in [6, 6.07) is 7.45. The number of carbonyl (C=O) groups is 2. The molecule has 0 spiro atoms.